The first-order valence-electron chi connectivity index (χ1n) is 5.59. The quantitative estimate of drug-likeness (QED) is 0.778. The van der Waals surface area contributed by atoms with E-state index in [0.29, 0.717) is 26.6 Å². The van der Waals surface area contributed by atoms with E-state index in [2.05, 4.69) is 25.7 Å². The van der Waals surface area contributed by atoms with Gasteiger partial charge in [-0.15, -0.1) is 0 Å². The van der Waals surface area contributed by atoms with Gasteiger partial charge in [-0.05, 0) is 34.1 Å². The van der Waals surface area contributed by atoms with Crippen molar-refractivity contribution in [2.45, 2.75) is 6.61 Å². The zero-order valence-corrected chi connectivity index (χ0v) is 13.1. The Balaban J connectivity index is 2.49. The summed E-state index contributed by atoms with van der Waals surface area (Å²) in [6, 6.07) is 5.17. The molecular weight excluding hydrogens is 350 g/mol. The molecule has 7 heteroatoms. The zero-order valence-electron chi connectivity index (χ0n) is 10.8. The molecule has 2 rings (SSSR count). The van der Waals surface area contributed by atoms with Crippen LogP contribution in [0.3, 0.4) is 0 Å². The van der Waals surface area contributed by atoms with Crippen LogP contribution < -0.4 is 0 Å². The van der Waals surface area contributed by atoms with Gasteiger partial charge in [-0.3, -0.25) is 0 Å². The Labute approximate surface area is 129 Å². The van der Waals surface area contributed by atoms with Crippen LogP contribution in [0, 0.1) is 0 Å². The highest BCUT2D eigenvalue weighted by Gasteiger charge is 2.22. The molecule has 5 nitrogen and oxygen atoms in total. The van der Waals surface area contributed by atoms with Crippen LogP contribution in [0.2, 0.25) is 5.02 Å². The Kier molecular flexibility index (Phi) is 4.80. The number of carbonyl (C=O) groups is 1. The van der Waals surface area contributed by atoms with Gasteiger partial charge in [-0.2, -0.15) is 0 Å². The SMILES string of the molecule is COCc1nc(-c2ccc(Cl)cc2Br)oc1C(=O)OC. The maximum atomic E-state index is 11.6. The van der Waals surface area contributed by atoms with E-state index in [0.717, 1.165) is 0 Å². The molecule has 0 aliphatic rings. The number of benzene rings is 1. The maximum Gasteiger partial charge on any atom is 0.376 e. The predicted molar refractivity (Wildman–Crippen MR) is 76.7 cm³/mol. The first kappa shape index (κ1) is 15.0. The summed E-state index contributed by atoms with van der Waals surface area (Å²) in [6.07, 6.45) is 0. The second kappa shape index (κ2) is 6.39. The van der Waals surface area contributed by atoms with Crippen molar-refractivity contribution in [3.05, 3.63) is 39.1 Å². The standard InChI is InChI=1S/C13H11BrClNO4/c1-18-6-10-11(13(17)19-2)20-12(16-10)8-4-3-7(15)5-9(8)14/h3-5H,6H2,1-2H3. The summed E-state index contributed by atoms with van der Waals surface area (Å²) in [6.45, 7) is 0.152. The van der Waals surface area contributed by atoms with E-state index < -0.39 is 5.97 Å². The summed E-state index contributed by atoms with van der Waals surface area (Å²) in [5.74, 6) is -0.270. The molecule has 0 unspecified atom stereocenters. The topological polar surface area (TPSA) is 61.6 Å². The fourth-order valence-corrected chi connectivity index (χ4v) is 2.47. The molecule has 1 aromatic heterocycles. The van der Waals surface area contributed by atoms with Crippen molar-refractivity contribution in [3.63, 3.8) is 0 Å². The van der Waals surface area contributed by atoms with Crippen LogP contribution in [0.15, 0.2) is 27.1 Å². The first-order valence-corrected chi connectivity index (χ1v) is 6.76. The molecule has 0 N–H and O–H groups in total. The average molecular weight is 361 g/mol. The lowest BCUT2D eigenvalue weighted by atomic mass is 10.2. The maximum absolute atomic E-state index is 11.6. The van der Waals surface area contributed by atoms with Crippen molar-refractivity contribution in [1.82, 2.24) is 4.98 Å². The minimum absolute atomic E-state index is 0.0335. The molecule has 0 atom stereocenters. The Hall–Kier alpha value is -1.37. The minimum atomic E-state index is -0.596. The molecule has 0 fully saturated rings. The van der Waals surface area contributed by atoms with Crippen molar-refractivity contribution < 1.29 is 18.7 Å². The summed E-state index contributed by atoms with van der Waals surface area (Å²) < 4.78 is 15.9. The molecular formula is C13H11BrClNO4. The zero-order chi connectivity index (χ0) is 14.7. The van der Waals surface area contributed by atoms with Crippen LogP contribution in [-0.2, 0) is 16.1 Å². The third-order valence-electron chi connectivity index (χ3n) is 2.51. The van der Waals surface area contributed by atoms with Gasteiger partial charge in [0.1, 0.15) is 5.69 Å². The van der Waals surface area contributed by atoms with Crippen LogP contribution in [0.1, 0.15) is 16.2 Å². The van der Waals surface area contributed by atoms with Gasteiger partial charge in [0.15, 0.2) is 0 Å². The van der Waals surface area contributed by atoms with Gasteiger partial charge >= 0.3 is 5.97 Å². The lowest BCUT2D eigenvalue weighted by Gasteiger charge is -1.99. The third-order valence-corrected chi connectivity index (χ3v) is 3.40. The van der Waals surface area contributed by atoms with Crippen LogP contribution in [-0.4, -0.2) is 25.2 Å². The summed E-state index contributed by atoms with van der Waals surface area (Å²) in [5.41, 5.74) is 1.07. The lowest BCUT2D eigenvalue weighted by Crippen LogP contribution is -2.04. The highest BCUT2D eigenvalue weighted by Crippen LogP contribution is 2.31. The highest BCUT2D eigenvalue weighted by molar-refractivity contribution is 9.10. The molecule has 0 radical (unpaired) electrons. The van der Waals surface area contributed by atoms with Gasteiger partial charge in [0.2, 0.25) is 11.7 Å². The molecule has 0 saturated heterocycles. The Morgan fingerprint density at radius 1 is 1.45 bits per heavy atom. The van der Waals surface area contributed by atoms with Crippen molar-refractivity contribution >= 4 is 33.5 Å². The summed E-state index contributed by atoms with van der Waals surface area (Å²) in [4.78, 5) is 15.9. The van der Waals surface area contributed by atoms with Gasteiger partial charge in [-0.25, -0.2) is 9.78 Å². The third kappa shape index (κ3) is 3.03. The van der Waals surface area contributed by atoms with Crippen molar-refractivity contribution in [2.75, 3.05) is 14.2 Å². The van der Waals surface area contributed by atoms with Gasteiger partial charge in [0.05, 0.1) is 19.3 Å². The van der Waals surface area contributed by atoms with Gasteiger partial charge < -0.3 is 13.9 Å². The molecule has 2 aromatic rings. The number of rotatable bonds is 4. The van der Waals surface area contributed by atoms with Gasteiger partial charge in [0.25, 0.3) is 0 Å². The predicted octanol–water partition coefficient (Wildman–Crippen LogP) is 3.69. The molecule has 1 aromatic carbocycles. The van der Waals surface area contributed by atoms with E-state index in [-0.39, 0.29) is 12.4 Å². The molecule has 0 aliphatic carbocycles. The molecule has 0 amide bonds. The normalized spacial score (nSPS) is 10.6. The first-order chi connectivity index (χ1) is 9.56. The van der Waals surface area contributed by atoms with Crippen LogP contribution >= 0.6 is 27.5 Å². The van der Waals surface area contributed by atoms with Crippen LogP contribution in [0.5, 0.6) is 0 Å². The Bertz CT molecular complexity index is 641. The number of oxazole rings is 1. The van der Waals surface area contributed by atoms with E-state index in [1.807, 2.05) is 0 Å². The number of hydrogen-bond acceptors (Lipinski definition) is 5. The lowest BCUT2D eigenvalue weighted by molar-refractivity contribution is 0.0559. The molecule has 20 heavy (non-hydrogen) atoms. The number of hydrogen-bond donors (Lipinski definition) is 0. The van der Waals surface area contributed by atoms with Crippen LogP contribution in [0.25, 0.3) is 11.5 Å². The number of aromatic nitrogens is 1. The fourth-order valence-electron chi connectivity index (χ4n) is 1.62. The fraction of sp³-hybridized carbons (Fsp3) is 0.231. The largest absolute Gasteiger partial charge is 0.463 e. The number of methoxy groups -OCH3 is 2. The number of carbonyl (C=O) groups excluding carboxylic acids is 1. The molecule has 0 bridgehead atoms. The molecule has 0 saturated carbocycles. The number of halogens is 2. The summed E-state index contributed by atoms with van der Waals surface area (Å²) in [5, 5.41) is 0.581. The number of esters is 1. The number of nitrogens with zero attached hydrogens (tertiary/aromatic N) is 1. The Morgan fingerprint density at radius 3 is 2.80 bits per heavy atom. The molecule has 0 spiro atoms. The summed E-state index contributed by atoms with van der Waals surface area (Å²) >= 11 is 9.27. The molecule has 1 heterocycles. The van der Waals surface area contributed by atoms with Crippen molar-refractivity contribution in [3.8, 4) is 11.5 Å². The number of ether oxygens (including phenoxy) is 2. The van der Waals surface area contributed by atoms with E-state index in [4.69, 9.17) is 20.8 Å². The molecule has 106 valence electrons. The Morgan fingerprint density at radius 2 is 2.20 bits per heavy atom. The van der Waals surface area contributed by atoms with Gasteiger partial charge in [0, 0.05) is 16.6 Å². The average Bonchev–Trinajstić information content (AvgIpc) is 2.82. The highest BCUT2D eigenvalue weighted by atomic mass is 79.9. The molecule has 0 aliphatic heterocycles. The van der Waals surface area contributed by atoms with Crippen molar-refractivity contribution in [1.29, 1.82) is 0 Å². The van der Waals surface area contributed by atoms with Crippen molar-refractivity contribution in [2.24, 2.45) is 0 Å². The monoisotopic (exact) mass is 359 g/mol. The minimum Gasteiger partial charge on any atom is -0.463 e. The van der Waals surface area contributed by atoms with E-state index in [1.165, 1.54) is 14.2 Å². The van der Waals surface area contributed by atoms with E-state index in [9.17, 15) is 4.79 Å². The second-order valence-electron chi connectivity index (χ2n) is 3.84. The van der Waals surface area contributed by atoms with Gasteiger partial charge in [-0.1, -0.05) is 11.6 Å². The second-order valence-corrected chi connectivity index (χ2v) is 5.13. The van der Waals surface area contributed by atoms with E-state index in [1.54, 1.807) is 18.2 Å². The smallest absolute Gasteiger partial charge is 0.376 e. The van der Waals surface area contributed by atoms with Crippen LogP contribution in [0.4, 0.5) is 0 Å². The summed E-state index contributed by atoms with van der Waals surface area (Å²) in [7, 11) is 2.78. The van der Waals surface area contributed by atoms with E-state index >= 15 is 0 Å².